The minimum Gasteiger partial charge on any atom is -0.378 e. The van der Waals surface area contributed by atoms with Gasteiger partial charge in [0.25, 0.3) is 0 Å². The molecule has 5 aromatic rings. The normalized spacial score (nSPS) is 13.8. The second kappa shape index (κ2) is 9.41. The smallest absolute Gasteiger partial charge is 0.139 e. The van der Waals surface area contributed by atoms with Gasteiger partial charge >= 0.3 is 0 Å². The third-order valence-corrected chi connectivity index (χ3v) is 6.60. The van der Waals surface area contributed by atoms with Crippen LogP contribution in [0.1, 0.15) is 0 Å². The average Bonchev–Trinajstić information content (AvgIpc) is 3.41. The zero-order chi connectivity index (χ0) is 23.6. The number of nitrogens with one attached hydrogen (secondary N) is 2. The highest BCUT2D eigenvalue weighted by Gasteiger charge is 2.14. The van der Waals surface area contributed by atoms with Gasteiger partial charge in [-0.3, -0.25) is 0 Å². The van der Waals surface area contributed by atoms with E-state index in [0.717, 1.165) is 71.2 Å². The second-order valence-electron chi connectivity index (χ2n) is 8.50. The first-order valence-electron chi connectivity index (χ1n) is 11.6. The first kappa shape index (κ1) is 21.6. The molecule has 1 aliphatic rings. The largest absolute Gasteiger partial charge is 0.378 e. The summed E-state index contributed by atoms with van der Waals surface area (Å²) in [5.41, 5.74) is 4.92. The van der Waals surface area contributed by atoms with Gasteiger partial charge < -0.3 is 19.9 Å². The van der Waals surface area contributed by atoms with E-state index in [9.17, 15) is 0 Å². The fraction of sp³-hybridized carbons (Fsp3) is 0.143. The van der Waals surface area contributed by atoms with E-state index in [1.54, 1.807) is 0 Å². The Balaban J connectivity index is 1.32. The molecule has 174 valence electrons. The van der Waals surface area contributed by atoms with Crippen molar-refractivity contribution in [1.29, 1.82) is 0 Å². The maximum Gasteiger partial charge on any atom is 0.139 e. The van der Waals surface area contributed by atoms with Crippen LogP contribution in [0.25, 0.3) is 33.4 Å². The molecular formula is C28H24ClN5O. The van der Waals surface area contributed by atoms with Gasteiger partial charge in [-0.1, -0.05) is 48.0 Å². The third kappa shape index (κ3) is 4.46. The maximum absolute atomic E-state index is 6.57. The highest BCUT2D eigenvalue weighted by molar-refractivity contribution is 6.33. The summed E-state index contributed by atoms with van der Waals surface area (Å²) in [7, 11) is 0. The number of aromatic amines is 1. The van der Waals surface area contributed by atoms with Crippen LogP contribution >= 0.6 is 11.6 Å². The fourth-order valence-electron chi connectivity index (χ4n) is 4.42. The van der Waals surface area contributed by atoms with Gasteiger partial charge in [-0.25, -0.2) is 9.97 Å². The van der Waals surface area contributed by atoms with Crippen LogP contribution in [-0.4, -0.2) is 41.3 Å². The molecule has 1 aliphatic heterocycles. The van der Waals surface area contributed by atoms with E-state index in [-0.39, 0.29) is 0 Å². The van der Waals surface area contributed by atoms with Crippen LogP contribution in [0.5, 0.6) is 0 Å². The number of rotatable bonds is 5. The fourth-order valence-corrected chi connectivity index (χ4v) is 4.62. The molecule has 0 amide bonds. The van der Waals surface area contributed by atoms with E-state index in [0.29, 0.717) is 5.02 Å². The zero-order valence-electron chi connectivity index (χ0n) is 19.0. The number of morpholine rings is 1. The highest BCUT2D eigenvalue weighted by atomic mass is 35.5. The number of hydrogen-bond donors (Lipinski definition) is 2. The van der Waals surface area contributed by atoms with Gasteiger partial charge in [-0.05, 0) is 47.3 Å². The molecule has 2 aromatic heterocycles. The lowest BCUT2D eigenvalue weighted by Crippen LogP contribution is -2.36. The second-order valence-corrected chi connectivity index (χ2v) is 8.90. The van der Waals surface area contributed by atoms with E-state index in [2.05, 4.69) is 43.4 Å². The minimum atomic E-state index is 0.630. The number of imidazole rings is 1. The molecule has 3 aromatic carbocycles. The van der Waals surface area contributed by atoms with Crippen molar-refractivity contribution < 1.29 is 4.74 Å². The van der Waals surface area contributed by atoms with Crippen molar-refractivity contribution >= 4 is 39.6 Å². The molecule has 0 unspecified atom stereocenters. The van der Waals surface area contributed by atoms with Crippen LogP contribution in [-0.2, 0) is 4.74 Å². The van der Waals surface area contributed by atoms with Crippen LogP contribution < -0.4 is 10.2 Å². The topological polar surface area (TPSA) is 66.1 Å². The number of ether oxygens (including phenoxy) is 1. The Hall–Kier alpha value is -3.87. The molecule has 0 saturated carbocycles. The van der Waals surface area contributed by atoms with Gasteiger partial charge in [-0.15, -0.1) is 0 Å². The Bertz CT molecular complexity index is 1480. The number of benzene rings is 3. The monoisotopic (exact) mass is 481 g/mol. The Morgan fingerprint density at radius 3 is 2.63 bits per heavy atom. The molecule has 1 fully saturated rings. The summed E-state index contributed by atoms with van der Waals surface area (Å²) < 4.78 is 5.51. The number of fused-ring (bicyclic) bond motifs is 1. The van der Waals surface area contributed by atoms with E-state index in [1.165, 1.54) is 5.69 Å². The Morgan fingerprint density at radius 1 is 0.914 bits per heavy atom. The molecule has 0 radical (unpaired) electrons. The van der Waals surface area contributed by atoms with Gasteiger partial charge in [0.05, 0.1) is 30.1 Å². The van der Waals surface area contributed by atoms with Crippen LogP contribution in [0.15, 0.2) is 85.2 Å². The lowest BCUT2D eigenvalue weighted by Gasteiger charge is -2.29. The summed E-state index contributed by atoms with van der Waals surface area (Å²) in [4.78, 5) is 15.0. The summed E-state index contributed by atoms with van der Waals surface area (Å²) in [6, 6.07) is 24.5. The van der Waals surface area contributed by atoms with Gasteiger partial charge in [0.1, 0.15) is 11.6 Å². The summed E-state index contributed by atoms with van der Waals surface area (Å²) in [5.74, 6) is 1.52. The highest BCUT2D eigenvalue weighted by Crippen LogP contribution is 2.33. The number of pyridine rings is 1. The van der Waals surface area contributed by atoms with Crippen LogP contribution in [0.2, 0.25) is 5.02 Å². The predicted octanol–water partition coefficient (Wildman–Crippen LogP) is 6.53. The summed E-state index contributed by atoms with van der Waals surface area (Å²) >= 11 is 6.57. The van der Waals surface area contributed by atoms with Crippen molar-refractivity contribution in [3.63, 3.8) is 0 Å². The molecule has 0 atom stereocenters. The lowest BCUT2D eigenvalue weighted by molar-refractivity contribution is 0.122. The molecule has 0 spiro atoms. The molecule has 7 heteroatoms. The number of aromatic nitrogens is 3. The van der Waals surface area contributed by atoms with Crippen LogP contribution in [0.3, 0.4) is 0 Å². The molecular weight excluding hydrogens is 458 g/mol. The Labute approximate surface area is 208 Å². The maximum atomic E-state index is 6.57. The first-order valence-corrected chi connectivity index (χ1v) is 12.0. The van der Waals surface area contributed by atoms with Crippen molar-refractivity contribution in [3.8, 4) is 22.6 Å². The number of anilines is 3. The number of H-pyrrole nitrogens is 1. The standard InChI is InChI=1S/C28H24ClN5O/c29-25-9-7-21(16-24(25)28-31-18-26(33-28)20-4-2-1-3-5-20)32-27-23-17-22(34-12-14-35-15-13-34)8-6-19(23)10-11-30-27/h1-11,16-18H,12-15H2,(H,30,32)(H,31,33). The van der Waals surface area contributed by atoms with Crippen molar-refractivity contribution in [2.24, 2.45) is 0 Å². The lowest BCUT2D eigenvalue weighted by atomic mass is 10.1. The average molecular weight is 482 g/mol. The van der Waals surface area contributed by atoms with Crippen molar-refractivity contribution in [2.45, 2.75) is 0 Å². The molecule has 6 nitrogen and oxygen atoms in total. The van der Waals surface area contributed by atoms with Gasteiger partial charge in [0.15, 0.2) is 0 Å². The van der Waals surface area contributed by atoms with Crippen molar-refractivity contribution in [1.82, 2.24) is 15.0 Å². The minimum absolute atomic E-state index is 0.630. The number of nitrogens with zero attached hydrogens (tertiary/aromatic N) is 3. The van der Waals surface area contributed by atoms with E-state index in [4.69, 9.17) is 16.3 Å². The van der Waals surface area contributed by atoms with Crippen LogP contribution in [0, 0.1) is 0 Å². The Kier molecular flexibility index (Phi) is 5.82. The van der Waals surface area contributed by atoms with Crippen LogP contribution in [0.4, 0.5) is 17.2 Å². The quantitative estimate of drug-likeness (QED) is 0.299. The molecule has 0 aliphatic carbocycles. The van der Waals surface area contributed by atoms with Gasteiger partial charge in [0, 0.05) is 41.6 Å². The van der Waals surface area contributed by atoms with E-state index >= 15 is 0 Å². The third-order valence-electron chi connectivity index (χ3n) is 6.27. The zero-order valence-corrected chi connectivity index (χ0v) is 19.8. The number of halogens is 1. The Morgan fingerprint density at radius 2 is 1.77 bits per heavy atom. The summed E-state index contributed by atoms with van der Waals surface area (Å²) in [6.45, 7) is 3.29. The van der Waals surface area contributed by atoms with E-state index in [1.807, 2.05) is 67.0 Å². The van der Waals surface area contributed by atoms with E-state index < -0.39 is 0 Å². The van der Waals surface area contributed by atoms with Crippen molar-refractivity contribution in [2.75, 3.05) is 36.5 Å². The molecule has 1 saturated heterocycles. The molecule has 2 N–H and O–H groups in total. The first-order chi connectivity index (χ1) is 17.2. The van der Waals surface area contributed by atoms with Gasteiger partial charge in [-0.2, -0.15) is 0 Å². The SMILES string of the molecule is Clc1ccc(Nc2nccc3ccc(N4CCOCC4)cc23)cc1-c1ncc(-c2ccccc2)[nH]1. The molecule has 6 rings (SSSR count). The molecule has 0 bridgehead atoms. The summed E-state index contributed by atoms with van der Waals surface area (Å²) in [6.07, 6.45) is 3.66. The van der Waals surface area contributed by atoms with Gasteiger partial charge in [0.2, 0.25) is 0 Å². The molecule has 3 heterocycles. The molecule has 35 heavy (non-hydrogen) atoms. The van der Waals surface area contributed by atoms with Crippen molar-refractivity contribution in [3.05, 3.63) is 90.2 Å². The predicted molar refractivity (Wildman–Crippen MR) is 143 cm³/mol. The summed E-state index contributed by atoms with van der Waals surface area (Å²) in [5, 5.41) is 6.33. The number of hydrogen-bond acceptors (Lipinski definition) is 5.